The van der Waals surface area contributed by atoms with E-state index in [9.17, 15) is 13.6 Å². The van der Waals surface area contributed by atoms with E-state index in [1.165, 1.54) is 6.92 Å². The summed E-state index contributed by atoms with van der Waals surface area (Å²) in [5.74, 6) is -1.26. The van der Waals surface area contributed by atoms with E-state index in [0.717, 1.165) is 5.56 Å². The fourth-order valence-corrected chi connectivity index (χ4v) is 2.41. The Bertz CT molecular complexity index is 481. The second-order valence-corrected chi connectivity index (χ2v) is 6.58. The molecule has 0 aromatic heterocycles. The van der Waals surface area contributed by atoms with E-state index >= 15 is 0 Å². The van der Waals surface area contributed by atoms with Crippen LogP contribution in [0.15, 0.2) is 30.3 Å². The number of carbonyl (C=O) groups is 1. The van der Waals surface area contributed by atoms with Gasteiger partial charge in [0.2, 0.25) is 0 Å². The molecule has 0 aliphatic rings. The van der Waals surface area contributed by atoms with Gasteiger partial charge in [0.1, 0.15) is 12.4 Å². The summed E-state index contributed by atoms with van der Waals surface area (Å²) in [7, 11) is -4.40. The molecule has 1 aromatic carbocycles. The zero-order valence-electron chi connectivity index (χ0n) is 11.7. The van der Waals surface area contributed by atoms with Gasteiger partial charge in [0.05, 0.1) is 6.10 Å². The minimum absolute atomic E-state index is 0.0566. The molecule has 2 atom stereocenters. The van der Waals surface area contributed by atoms with Crippen molar-refractivity contribution in [2.45, 2.75) is 39.3 Å². The van der Waals surface area contributed by atoms with Crippen LogP contribution in [0, 0.1) is 0 Å². The average molecular weight is 303 g/mol. The van der Waals surface area contributed by atoms with Crippen LogP contribution in [0.2, 0.25) is 0 Å². The Balaban J connectivity index is 2.44. The van der Waals surface area contributed by atoms with E-state index in [-0.39, 0.29) is 6.61 Å². The number of amides is 1. The number of benzene rings is 1. The Hall–Kier alpha value is -1.39. The molecule has 0 aliphatic heterocycles. The highest BCUT2D eigenvalue weighted by molar-refractivity contribution is 7.54. The molecule has 0 saturated carbocycles. The second kappa shape index (κ2) is 7.41. The first-order valence-corrected chi connectivity index (χ1v) is 7.84. The minimum atomic E-state index is -4.40. The van der Waals surface area contributed by atoms with Crippen molar-refractivity contribution in [3.8, 4) is 0 Å². The van der Waals surface area contributed by atoms with Gasteiger partial charge in [0, 0.05) is 0 Å². The lowest BCUT2D eigenvalue weighted by molar-refractivity contribution is 0.136. The summed E-state index contributed by atoms with van der Waals surface area (Å²) >= 11 is 0. The van der Waals surface area contributed by atoms with Gasteiger partial charge < -0.3 is 14.6 Å². The Kier molecular flexibility index (Phi) is 6.17. The van der Waals surface area contributed by atoms with Gasteiger partial charge in [0.25, 0.3) is 0 Å². The predicted octanol–water partition coefficient (Wildman–Crippen LogP) is 3.85. The Morgan fingerprint density at radius 3 is 2.45 bits per heavy atom. The van der Waals surface area contributed by atoms with Crippen LogP contribution in [-0.4, -0.2) is 18.0 Å². The van der Waals surface area contributed by atoms with Gasteiger partial charge in [-0.25, -0.2) is 4.79 Å². The first-order valence-electron chi connectivity index (χ1n) is 6.26. The third-order valence-corrected chi connectivity index (χ3v) is 4.12. The summed E-state index contributed by atoms with van der Waals surface area (Å²) in [5.41, 5.74) is 0.803. The van der Waals surface area contributed by atoms with E-state index in [1.807, 2.05) is 18.2 Å². The Morgan fingerprint density at radius 1 is 1.30 bits per heavy atom. The first kappa shape index (κ1) is 16.7. The number of nitrogens with one attached hydrogen (secondary N) is 1. The molecule has 0 spiro atoms. The van der Waals surface area contributed by atoms with Gasteiger partial charge >= 0.3 is 13.8 Å². The van der Waals surface area contributed by atoms with Crippen molar-refractivity contribution >= 4 is 13.8 Å². The third kappa shape index (κ3) is 5.72. The molecule has 7 heteroatoms. The molecular formula is C13H19FNO4P. The first-order chi connectivity index (χ1) is 9.31. The molecule has 0 heterocycles. The van der Waals surface area contributed by atoms with Crippen LogP contribution in [0.5, 0.6) is 0 Å². The molecule has 5 nitrogen and oxygen atoms in total. The molecular weight excluding hydrogens is 284 g/mol. The number of halogens is 1. The van der Waals surface area contributed by atoms with Crippen molar-refractivity contribution in [3.63, 3.8) is 0 Å². The van der Waals surface area contributed by atoms with Crippen LogP contribution in [-0.2, 0) is 20.4 Å². The fourth-order valence-electron chi connectivity index (χ4n) is 1.39. The monoisotopic (exact) mass is 303 g/mol. The van der Waals surface area contributed by atoms with Crippen LogP contribution in [0.4, 0.5) is 8.99 Å². The van der Waals surface area contributed by atoms with Crippen LogP contribution < -0.4 is 5.32 Å². The fraction of sp³-hybridized carbons (Fsp3) is 0.462. The number of hydrogen-bond donors (Lipinski definition) is 1. The van der Waals surface area contributed by atoms with Gasteiger partial charge in [-0.2, -0.15) is 4.20 Å². The summed E-state index contributed by atoms with van der Waals surface area (Å²) < 4.78 is 34.9. The van der Waals surface area contributed by atoms with E-state index in [4.69, 9.17) is 4.74 Å². The van der Waals surface area contributed by atoms with Gasteiger partial charge in [-0.15, -0.1) is 0 Å². The van der Waals surface area contributed by atoms with Crippen molar-refractivity contribution in [1.82, 2.24) is 5.32 Å². The highest BCUT2D eigenvalue weighted by atomic mass is 31.2. The van der Waals surface area contributed by atoms with Crippen LogP contribution in [0.1, 0.15) is 26.3 Å². The number of ether oxygens (including phenoxy) is 1. The quantitative estimate of drug-likeness (QED) is 0.811. The largest absolute Gasteiger partial charge is 0.445 e. The molecule has 112 valence electrons. The highest BCUT2D eigenvalue weighted by Crippen LogP contribution is 2.53. The maximum Gasteiger partial charge on any atom is 0.408 e. The number of alkyl carbamates (subject to hydrolysis) is 1. The van der Waals surface area contributed by atoms with Gasteiger partial charge in [-0.1, -0.05) is 30.3 Å². The van der Waals surface area contributed by atoms with Crippen molar-refractivity contribution < 1.29 is 22.8 Å². The summed E-state index contributed by atoms with van der Waals surface area (Å²) in [6, 6.07) is 9.04. The molecule has 0 aliphatic carbocycles. The van der Waals surface area contributed by atoms with Crippen molar-refractivity contribution in [2.75, 3.05) is 0 Å². The normalized spacial score (nSPS) is 15.4. The topological polar surface area (TPSA) is 64.6 Å². The predicted molar refractivity (Wildman–Crippen MR) is 74.2 cm³/mol. The maximum absolute atomic E-state index is 13.7. The van der Waals surface area contributed by atoms with Crippen molar-refractivity contribution in [2.24, 2.45) is 0 Å². The molecule has 0 saturated heterocycles. The maximum atomic E-state index is 13.7. The summed E-state index contributed by atoms with van der Waals surface area (Å²) in [6.45, 7) is 4.45. The zero-order chi connectivity index (χ0) is 15.2. The standard InChI is InChI=1S/C13H19FNO4P/c1-10(2)19-20(14,17)11(3)15-13(16)18-9-12-7-5-4-6-8-12/h4-8,10-11H,9H2,1-3H3,(H,15,16). The smallest absolute Gasteiger partial charge is 0.408 e. The SMILES string of the molecule is CC(C)OP(=O)(F)C(C)NC(=O)OCc1ccccc1. The second-order valence-electron chi connectivity index (χ2n) is 4.56. The lowest BCUT2D eigenvalue weighted by Gasteiger charge is -2.19. The third-order valence-electron chi connectivity index (χ3n) is 2.36. The number of hydrogen-bond acceptors (Lipinski definition) is 4. The number of rotatable bonds is 6. The lowest BCUT2D eigenvalue weighted by atomic mass is 10.2. The van der Waals surface area contributed by atoms with Crippen LogP contribution in [0.3, 0.4) is 0 Å². The highest BCUT2D eigenvalue weighted by Gasteiger charge is 2.33. The summed E-state index contributed by atoms with van der Waals surface area (Å²) in [4.78, 5) is 11.5. The number of carbonyl (C=O) groups excluding carboxylic acids is 1. The molecule has 0 bridgehead atoms. The van der Waals surface area contributed by atoms with Gasteiger partial charge in [-0.3, -0.25) is 4.57 Å². The lowest BCUT2D eigenvalue weighted by Crippen LogP contribution is -2.33. The molecule has 1 amide bonds. The molecule has 20 heavy (non-hydrogen) atoms. The van der Waals surface area contributed by atoms with Crippen molar-refractivity contribution in [3.05, 3.63) is 35.9 Å². The molecule has 1 rings (SSSR count). The zero-order valence-corrected chi connectivity index (χ0v) is 12.6. The molecule has 0 radical (unpaired) electrons. The molecule has 2 unspecified atom stereocenters. The van der Waals surface area contributed by atoms with E-state index < -0.39 is 25.7 Å². The van der Waals surface area contributed by atoms with Crippen LogP contribution >= 0.6 is 7.68 Å². The van der Waals surface area contributed by atoms with Gasteiger partial charge in [0.15, 0.2) is 0 Å². The minimum Gasteiger partial charge on any atom is -0.445 e. The van der Waals surface area contributed by atoms with E-state index in [1.54, 1.807) is 26.0 Å². The van der Waals surface area contributed by atoms with E-state index in [0.29, 0.717) is 0 Å². The van der Waals surface area contributed by atoms with E-state index in [2.05, 4.69) is 9.84 Å². The van der Waals surface area contributed by atoms with Gasteiger partial charge in [-0.05, 0) is 26.3 Å². The molecule has 0 fully saturated rings. The van der Waals surface area contributed by atoms with Crippen molar-refractivity contribution in [1.29, 1.82) is 0 Å². The van der Waals surface area contributed by atoms with Crippen LogP contribution in [0.25, 0.3) is 0 Å². The Morgan fingerprint density at radius 2 is 1.90 bits per heavy atom. The summed E-state index contributed by atoms with van der Waals surface area (Å²) in [6.07, 6.45) is -1.37. The average Bonchev–Trinajstić information content (AvgIpc) is 2.36. The Labute approximate surface area is 118 Å². The summed E-state index contributed by atoms with van der Waals surface area (Å²) in [5, 5.41) is 2.17. The molecule has 1 N–H and O–H groups in total. The molecule has 1 aromatic rings.